The zero-order valence-electron chi connectivity index (χ0n) is 15.2. The summed E-state index contributed by atoms with van der Waals surface area (Å²) in [6.07, 6.45) is 9.10. The van der Waals surface area contributed by atoms with Crippen molar-refractivity contribution in [1.82, 2.24) is 4.90 Å². The average molecular weight is 333 g/mol. The number of carbonyl (C=O) groups excluding carboxylic acids is 1. The summed E-state index contributed by atoms with van der Waals surface area (Å²) in [6, 6.07) is 0. The number of carbonyl (C=O) groups is 1. The second-order valence-corrected chi connectivity index (χ2v) is 10.3. The van der Waals surface area contributed by atoms with E-state index in [0.717, 1.165) is 51.1 Å². The molecule has 4 aliphatic carbocycles. The Kier molecular flexibility index (Phi) is 3.10. The summed E-state index contributed by atoms with van der Waals surface area (Å²) >= 11 is 0. The summed E-state index contributed by atoms with van der Waals surface area (Å²) < 4.78 is 11.7. The van der Waals surface area contributed by atoms with Crippen LogP contribution < -0.4 is 0 Å². The number of hydrogen-bond acceptors (Lipinski definition) is 3. The third kappa shape index (κ3) is 2.21. The van der Waals surface area contributed by atoms with Crippen LogP contribution in [0.2, 0.25) is 0 Å². The molecule has 6 rings (SSSR count). The van der Waals surface area contributed by atoms with E-state index in [1.54, 1.807) is 0 Å². The van der Waals surface area contributed by atoms with E-state index in [0.29, 0.717) is 30.0 Å². The molecule has 0 aromatic heterocycles. The molecule has 2 heterocycles. The van der Waals surface area contributed by atoms with Gasteiger partial charge in [0.25, 0.3) is 0 Å². The van der Waals surface area contributed by atoms with Crippen molar-refractivity contribution >= 4 is 5.91 Å². The van der Waals surface area contributed by atoms with E-state index >= 15 is 0 Å². The fraction of sp³-hybridized carbons (Fsp3) is 0.950. The molecule has 2 saturated heterocycles. The Balaban J connectivity index is 1.36. The second kappa shape index (κ2) is 4.76. The van der Waals surface area contributed by atoms with Crippen molar-refractivity contribution in [3.63, 3.8) is 0 Å². The van der Waals surface area contributed by atoms with Gasteiger partial charge in [0.1, 0.15) is 0 Å². The molecule has 4 saturated carbocycles. The van der Waals surface area contributed by atoms with Crippen LogP contribution in [0, 0.1) is 22.2 Å². The summed E-state index contributed by atoms with van der Waals surface area (Å²) in [7, 11) is 0. The van der Waals surface area contributed by atoms with Crippen molar-refractivity contribution in [3.8, 4) is 0 Å². The molecule has 4 bridgehead atoms. The van der Waals surface area contributed by atoms with Crippen LogP contribution in [0.25, 0.3) is 0 Å². The smallest absolute Gasteiger partial charge is 0.228 e. The maximum atomic E-state index is 13.6. The van der Waals surface area contributed by atoms with Gasteiger partial charge in [-0.25, -0.2) is 0 Å². The molecule has 0 unspecified atom stereocenters. The minimum absolute atomic E-state index is 0.0647. The van der Waals surface area contributed by atoms with Gasteiger partial charge in [-0.2, -0.15) is 0 Å². The van der Waals surface area contributed by atoms with E-state index < -0.39 is 0 Å². The highest BCUT2D eigenvalue weighted by molar-refractivity contribution is 5.83. The summed E-state index contributed by atoms with van der Waals surface area (Å²) in [6.45, 7) is 7.91. The Morgan fingerprint density at radius 2 is 1.50 bits per heavy atom. The molecule has 4 nitrogen and oxygen atoms in total. The van der Waals surface area contributed by atoms with E-state index in [-0.39, 0.29) is 11.2 Å². The highest BCUT2D eigenvalue weighted by Gasteiger charge is 2.63. The van der Waals surface area contributed by atoms with Crippen molar-refractivity contribution in [2.45, 2.75) is 71.0 Å². The highest BCUT2D eigenvalue weighted by Crippen LogP contribution is 2.69. The van der Waals surface area contributed by atoms with Crippen LogP contribution in [0.1, 0.15) is 65.2 Å². The normalized spacial score (nSPS) is 49.1. The molecule has 6 aliphatic rings. The molecule has 0 radical (unpaired) electrons. The maximum Gasteiger partial charge on any atom is 0.228 e. The fourth-order valence-electron chi connectivity index (χ4n) is 7.86. The van der Waals surface area contributed by atoms with Gasteiger partial charge >= 0.3 is 0 Å². The second-order valence-electron chi connectivity index (χ2n) is 10.3. The van der Waals surface area contributed by atoms with Crippen molar-refractivity contribution in [2.24, 2.45) is 22.2 Å². The molecule has 2 atom stereocenters. The lowest BCUT2D eigenvalue weighted by Gasteiger charge is -2.65. The van der Waals surface area contributed by atoms with E-state index in [9.17, 15) is 4.79 Å². The van der Waals surface area contributed by atoms with Gasteiger partial charge < -0.3 is 14.4 Å². The molecule has 1 amide bonds. The first-order chi connectivity index (χ1) is 11.3. The van der Waals surface area contributed by atoms with Gasteiger partial charge in [-0.1, -0.05) is 13.8 Å². The van der Waals surface area contributed by atoms with Crippen molar-refractivity contribution in [3.05, 3.63) is 0 Å². The van der Waals surface area contributed by atoms with Crippen LogP contribution in [0.3, 0.4) is 0 Å². The van der Waals surface area contributed by atoms with Crippen molar-refractivity contribution in [1.29, 1.82) is 0 Å². The molecule has 0 N–H and O–H groups in total. The molecular weight excluding hydrogens is 302 g/mol. The first-order valence-electron chi connectivity index (χ1n) is 9.91. The van der Waals surface area contributed by atoms with Crippen LogP contribution in [-0.4, -0.2) is 42.9 Å². The van der Waals surface area contributed by atoms with Crippen LogP contribution in [0.4, 0.5) is 0 Å². The molecule has 6 fully saturated rings. The average Bonchev–Trinajstić information content (AvgIpc) is 2.92. The number of rotatable bonds is 1. The Morgan fingerprint density at radius 3 is 2.04 bits per heavy atom. The SMILES string of the molecule is C[C@]12CC3CC(C(=O)N4CCC5(CC4)OCCO5)(C1)C[C@](C)(C3)C2. The topological polar surface area (TPSA) is 38.8 Å². The number of hydrogen-bond donors (Lipinski definition) is 0. The van der Waals surface area contributed by atoms with Crippen LogP contribution in [0.15, 0.2) is 0 Å². The highest BCUT2D eigenvalue weighted by atomic mass is 16.7. The molecule has 134 valence electrons. The summed E-state index contributed by atoms with van der Waals surface area (Å²) in [4.78, 5) is 15.7. The van der Waals surface area contributed by atoms with Crippen molar-refractivity contribution < 1.29 is 14.3 Å². The fourth-order valence-corrected chi connectivity index (χ4v) is 7.86. The van der Waals surface area contributed by atoms with Gasteiger partial charge in [-0.15, -0.1) is 0 Å². The van der Waals surface area contributed by atoms with Gasteiger partial charge in [-0.3, -0.25) is 4.79 Å². The zero-order chi connectivity index (χ0) is 16.6. The third-order valence-corrected chi connectivity index (χ3v) is 7.71. The predicted molar refractivity (Wildman–Crippen MR) is 90.3 cm³/mol. The molecule has 1 spiro atoms. The van der Waals surface area contributed by atoms with Gasteiger partial charge in [0.05, 0.1) is 18.6 Å². The molecule has 4 heteroatoms. The lowest BCUT2D eigenvalue weighted by molar-refractivity contribution is -0.200. The molecule has 0 aromatic rings. The van der Waals surface area contributed by atoms with E-state index in [1.165, 1.54) is 19.3 Å². The maximum absolute atomic E-state index is 13.6. The Bertz CT molecular complexity index is 539. The third-order valence-electron chi connectivity index (χ3n) is 7.71. The monoisotopic (exact) mass is 333 g/mol. The van der Waals surface area contributed by atoms with E-state index in [2.05, 4.69) is 18.7 Å². The Labute approximate surface area is 145 Å². The lowest BCUT2D eigenvalue weighted by Crippen LogP contribution is -2.61. The number of amides is 1. The zero-order valence-corrected chi connectivity index (χ0v) is 15.2. The molecule has 0 aromatic carbocycles. The minimum Gasteiger partial charge on any atom is -0.347 e. The summed E-state index contributed by atoms with van der Waals surface area (Å²) in [5.41, 5.74) is 0.738. The number of likely N-dealkylation sites (tertiary alicyclic amines) is 1. The van der Waals surface area contributed by atoms with Gasteiger partial charge in [-0.05, 0) is 55.3 Å². The summed E-state index contributed by atoms with van der Waals surface area (Å²) in [5, 5.41) is 0. The van der Waals surface area contributed by atoms with Gasteiger partial charge in [0.2, 0.25) is 5.91 Å². The predicted octanol–water partition coefficient (Wildman–Crippen LogP) is 3.35. The number of piperidine rings is 1. The lowest BCUT2D eigenvalue weighted by atomic mass is 9.40. The minimum atomic E-state index is -0.379. The first kappa shape index (κ1) is 15.6. The standard InChI is InChI=1S/C20H31NO3/c1-17-9-15-10-18(2,12-17)14-19(11-15,13-17)16(22)21-5-3-20(4-6-21)23-7-8-24-20/h15H,3-14H2,1-2H3/t15?,17-,18-,19?/m1/s1. The number of nitrogens with zero attached hydrogens (tertiary/aromatic N) is 1. The first-order valence-corrected chi connectivity index (χ1v) is 9.91. The van der Waals surface area contributed by atoms with Crippen molar-refractivity contribution in [2.75, 3.05) is 26.3 Å². The Hall–Kier alpha value is -0.610. The molecular formula is C20H31NO3. The largest absolute Gasteiger partial charge is 0.347 e. The van der Waals surface area contributed by atoms with E-state index in [4.69, 9.17) is 9.47 Å². The van der Waals surface area contributed by atoms with E-state index in [1.807, 2.05) is 0 Å². The quantitative estimate of drug-likeness (QED) is 0.739. The van der Waals surface area contributed by atoms with Crippen LogP contribution in [-0.2, 0) is 14.3 Å². The van der Waals surface area contributed by atoms with Gasteiger partial charge in [0, 0.05) is 25.9 Å². The van der Waals surface area contributed by atoms with Crippen LogP contribution in [0.5, 0.6) is 0 Å². The number of ether oxygens (including phenoxy) is 2. The molecule has 24 heavy (non-hydrogen) atoms. The molecule has 2 aliphatic heterocycles. The van der Waals surface area contributed by atoms with Gasteiger partial charge in [0.15, 0.2) is 5.79 Å². The van der Waals surface area contributed by atoms with Crippen LogP contribution >= 0.6 is 0 Å². The Morgan fingerprint density at radius 1 is 0.917 bits per heavy atom. The summed E-state index contributed by atoms with van der Waals surface area (Å²) in [5.74, 6) is 0.852.